The lowest BCUT2D eigenvalue weighted by atomic mass is 9.24. The number of fused-ring (bicyclic) bond motifs is 3. The van der Waals surface area contributed by atoms with Crippen LogP contribution in [0.25, 0.3) is 11.3 Å². The Morgan fingerprint density at radius 2 is 1.17 bits per heavy atom. The van der Waals surface area contributed by atoms with Crippen LogP contribution < -0.4 is 30.3 Å². The number of hydrogen-bond acceptors (Lipinski definition) is 2. The Hall–Kier alpha value is -3.53. The second-order valence-corrected chi connectivity index (χ2v) is 7.45. The quantitative estimate of drug-likeness (QED) is 0.448. The van der Waals surface area contributed by atoms with Crippen molar-refractivity contribution in [3.05, 3.63) is 97.2 Å². The average Bonchev–Trinajstić information content (AvgIpc) is 3.11. The van der Waals surface area contributed by atoms with Crippen LogP contribution >= 0.6 is 0 Å². The molecule has 3 nitrogen and oxygen atoms in total. The van der Waals surface area contributed by atoms with Crippen molar-refractivity contribution in [1.82, 2.24) is 0 Å². The van der Waals surface area contributed by atoms with Crippen LogP contribution in [0.1, 0.15) is 0 Å². The molecular weight excluding hydrogens is 357 g/mol. The maximum Gasteiger partial charge on any atom is 0.361 e. The van der Waals surface area contributed by atoms with E-state index in [1.807, 2.05) is 24.3 Å². The third-order valence-electron chi connectivity index (χ3n) is 6.19. The van der Waals surface area contributed by atoms with Gasteiger partial charge in [-0.05, 0) is 30.3 Å². The van der Waals surface area contributed by atoms with E-state index in [9.17, 15) is 0 Å². The second kappa shape index (κ2) is 6.82. The number of methoxy groups -OCH3 is 2. The fourth-order valence-corrected chi connectivity index (χ4v) is 4.90. The summed E-state index contributed by atoms with van der Waals surface area (Å²) in [6.07, 6.45) is 0.820. The molecule has 142 valence electrons. The fourth-order valence-electron chi connectivity index (χ4n) is 4.90. The lowest BCUT2D eigenvalue weighted by Crippen LogP contribution is -2.82. The van der Waals surface area contributed by atoms with Gasteiger partial charge in [0.05, 0.1) is 14.2 Å². The van der Waals surface area contributed by atoms with Crippen molar-refractivity contribution >= 4 is 22.7 Å². The zero-order chi connectivity index (χ0) is 19.8. The summed E-state index contributed by atoms with van der Waals surface area (Å²) in [6.45, 7) is 0. The summed E-state index contributed by atoms with van der Waals surface area (Å²) in [5.41, 5.74) is 6.33. The molecule has 0 unspecified atom stereocenters. The van der Waals surface area contributed by atoms with Crippen molar-refractivity contribution in [2.45, 2.75) is 0 Å². The van der Waals surface area contributed by atoms with Gasteiger partial charge in [-0.25, -0.2) is 0 Å². The number of aromatic nitrogens is 1. The van der Waals surface area contributed by atoms with Gasteiger partial charge in [0.2, 0.25) is 0 Å². The fraction of sp³-hybridized carbons (Fsp3) is 0.0800. The van der Waals surface area contributed by atoms with E-state index >= 15 is 0 Å². The molecule has 0 saturated carbocycles. The first-order valence-electron chi connectivity index (χ1n) is 9.84. The van der Waals surface area contributed by atoms with Gasteiger partial charge in [-0.15, -0.1) is 16.4 Å². The van der Waals surface area contributed by atoms with Gasteiger partial charge in [-0.1, -0.05) is 54.6 Å². The first kappa shape index (κ1) is 17.6. The maximum atomic E-state index is 5.42. The van der Waals surface area contributed by atoms with E-state index in [1.54, 1.807) is 14.2 Å². The molecular formula is C25H22BNO2. The van der Waals surface area contributed by atoms with E-state index in [0.29, 0.717) is 0 Å². The molecule has 29 heavy (non-hydrogen) atoms. The Kier molecular flexibility index (Phi) is 4.13. The molecule has 1 aliphatic heterocycles. The number of rotatable bonds is 4. The highest BCUT2D eigenvalue weighted by atomic mass is 16.5. The summed E-state index contributed by atoms with van der Waals surface area (Å²) >= 11 is 0. The van der Waals surface area contributed by atoms with E-state index < -0.39 is 6.28 Å². The van der Waals surface area contributed by atoms with Crippen LogP contribution in [0.3, 0.4) is 0 Å². The van der Waals surface area contributed by atoms with Crippen LogP contribution in [0, 0.1) is 0 Å². The molecule has 1 aliphatic rings. The molecule has 2 heterocycles. The molecule has 5 rings (SSSR count). The SMILES string of the molecule is COc1ccc([B-]2(c3ccc(OC)cc3)c3ccccc3-c3cccc[n+]32)cc1. The van der Waals surface area contributed by atoms with Gasteiger partial charge in [0.15, 0.2) is 5.69 Å². The van der Waals surface area contributed by atoms with Crippen LogP contribution in [-0.2, 0) is 0 Å². The van der Waals surface area contributed by atoms with Crippen LogP contribution in [0.4, 0.5) is 0 Å². The number of benzene rings is 3. The molecule has 0 fully saturated rings. The molecule has 1 aromatic heterocycles. The number of pyridine rings is 1. The molecule has 3 aromatic carbocycles. The van der Waals surface area contributed by atoms with E-state index in [4.69, 9.17) is 9.47 Å². The summed E-state index contributed by atoms with van der Waals surface area (Å²) in [4.78, 5) is 0. The molecule has 0 aliphatic carbocycles. The number of ether oxygens (including phenoxy) is 2. The highest BCUT2D eigenvalue weighted by molar-refractivity contribution is 7.07. The van der Waals surface area contributed by atoms with E-state index in [1.165, 1.54) is 27.6 Å². The summed E-state index contributed by atoms with van der Waals surface area (Å²) in [6, 6.07) is 32.1. The van der Waals surface area contributed by atoms with E-state index in [2.05, 4.69) is 77.4 Å². The largest absolute Gasteiger partial charge is 0.497 e. The van der Waals surface area contributed by atoms with Crippen LogP contribution in [0.5, 0.6) is 11.5 Å². The summed E-state index contributed by atoms with van der Waals surface area (Å²) in [7, 11) is 3.41. The molecule has 0 atom stereocenters. The third kappa shape index (κ3) is 2.49. The first-order chi connectivity index (χ1) is 14.3. The van der Waals surface area contributed by atoms with Crippen molar-refractivity contribution in [3.63, 3.8) is 0 Å². The molecule has 0 N–H and O–H groups in total. The Morgan fingerprint density at radius 3 is 1.76 bits per heavy atom. The first-order valence-corrected chi connectivity index (χ1v) is 9.84. The van der Waals surface area contributed by atoms with Gasteiger partial charge in [-0.2, -0.15) is 0 Å². The number of nitrogens with zero attached hydrogens (tertiary/aromatic N) is 1. The molecule has 0 bridgehead atoms. The monoisotopic (exact) mass is 379 g/mol. The summed E-state index contributed by atoms with van der Waals surface area (Å²) in [5.74, 6) is 1.72. The zero-order valence-corrected chi connectivity index (χ0v) is 16.6. The Labute approximate surface area is 171 Å². The minimum atomic E-state index is -1.38. The summed E-state index contributed by atoms with van der Waals surface area (Å²) < 4.78 is 13.3. The number of hydrogen-bond donors (Lipinski definition) is 0. The van der Waals surface area contributed by atoms with Gasteiger partial charge in [0.25, 0.3) is 0 Å². The minimum absolute atomic E-state index is 0.860. The molecule has 0 amide bonds. The molecule has 0 spiro atoms. The Morgan fingerprint density at radius 1 is 0.621 bits per heavy atom. The van der Waals surface area contributed by atoms with Gasteiger partial charge in [0, 0.05) is 11.6 Å². The lowest BCUT2D eigenvalue weighted by molar-refractivity contribution is -0.524. The minimum Gasteiger partial charge on any atom is -0.497 e. The van der Waals surface area contributed by atoms with Gasteiger partial charge in [-0.3, -0.25) is 0 Å². The Balaban J connectivity index is 1.88. The van der Waals surface area contributed by atoms with Crippen molar-refractivity contribution in [1.29, 1.82) is 0 Å². The smallest absolute Gasteiger partial charge is 0.361 e. The molecule has 0 radical (unpaired) electrons. The third-order valence-corrected chi connectivity index (χ3v) is 6.19. The van der Waals surface area contributed by atoms with Crippen molar-refractivity contribution < 1.29 is 14.0 Å². The van der Waals surface area contributed by atoms with Crippen molar-refractivity contribution in [2.75, 3.05) is 14.2 Å². The highest BCUT2D eigenvalue weighted by Crippen LogP contribution is 2.25. The van der Waals surface area contributed by atoms with Crippen molar-refractivity contribution in [2.24, 2.45) is 0 Å². The van der Waals surface area contributed by atoms with E-state index in [0.717, 1.165) is 11.5 Å². The normalized spacial score (nSPS) is 13.4. The Bertz CT molecular complexity index is 1080. The van der Waals surface area contributed by atoms with Crippen molar-refractivity contribution in [3.8, 4) is 22.8 Å². The summed E-state index contributed by atoms with van der Waals surface area (Å²) in [5, 5.41) is 0. The second-order valence-electron chi connectivity index (χ2n) is 7.45. The predicted octanol–water partition coefficient (Wildman–Crippen LogP) is 2.49. The van der Waals surface area contributed by atoms with Gasteiger partial charge >= 0.3 is 6.28 Å². The molecule has 4 heteroatoms. The molecule has 4 aromatic rings. The van der Waals surface area contributed by atoms with E-state index in [-0.39, 0.29) is 0 Å². The van der Waals surface area contributed by atoms with Crippen LogP contribution in [0.15, 0.2) is 97.2 Å². The lowest BCUT2D eigenvalue weighted by Gasteiger charge is -2.33. The van der Waals surface area contributed by atoms with Gasteiger partial charge in [0.1, 0.15) is 17.7 Å². The average molecular weight is 379 g/mol. The molecule has 0 saturated heterocycles. The topological polar surface area (TPSA) is 22.3 Å². The standard InChI is InChI=1S/C25H22BNO2/c1-28-21-14-10-19(11-15-21)26(20-12-16-22(29-2)17-13-20)24-8-4-3-7-23(24)25-9-5-6-18-27(25)26/h3-18H,1-2H3. The zero-order valence-electron chi connectivity index (χ0n) is 16.6. The van der Waals surface area contributed by atoms with Crippen LogP contribution in [-0.4, -0.2) is 20.5 Å². The van der Waals surface area contributed by atoms with Crippen LogP contribution in [0.2, 0.25) is 0 Å². The highest BCUT2D eigenvalue weighted by Gasteiger charge is 2.49. The predicted molar refractivity (Wildman–Crippen MR) is 118 cm³/mol. The van der Waals surface area contributed by atoms with Gasteiger partial charge < -0.3 is 14.0 Å². The maximum absolute atomic E-state index is 5.42.